The lowest BCUT2D eigenvalue weighted by Gasteiger charge is -2.26. The average Bonchev–Trinajstić information content (AvgIpc) is 2.51. The summed E-state index contributed by atoms with van der Waals surface area (Å²) < 4.78 is 0. The fourth-order valence-electron chi connectivity index (χ4n) is 2.19. The van der Waals surface area contributed by atoms with Crippen LogP contribution in [0, 0.1) is 5.92 Å². The van der Waals surface area contributed by atoms with E-state index in [2.05, 4.69) is 5.32 Å². The number of nitrogens with zero attached hydrogens (tertiary/aromatic N) is 1. The highest BCUT2D eigenvalue weighted by Gasteiger charge is 2.28. The first-order valence-corrected chi connectivity index (χ1v) is 6.74. The minimum absolute atomic E-state index is 0.0724. The first-order valence-electron chi connectivity index (χ1n) is 6.74. The Kier molecular flexibility index (Phi) is 6.12. The van der Waals surface area contributed by atoms with Gasteiger partial charge < -0.3 is 10.4 Å². The Labute approximate surface area is 109 Å². The van der Waals surface area contributed by atoms with Gasteiger partial charge in [0.2, 0.25) is 5.91 Å². The minimum Gasteiger partial charge on any atom is -0.480 e. The molecule has 5 nitrogen and oxygen atoms in total. The molecule has 1 rings (SSSR count). The fourth-order valence-corrected chi connectivity index (χ4v) is 2.19. The molecule has 0 aromatic carbocycles. The largest absolute Gasteiger partial charge is 0.480 e. The smallest absolute Gasteiger partial charge is 0.320 e. The molecule has 18 heavy (non-hydrogen) atoms. The topological polar surface area (TPSA) is 69.6 Å². The molecule has 1 amide bonds. The molecule has 1 unspecified atom stereocenters. The third-order valence-electron chi connectivity index (χ3n) is 3.20. The van der Waals surface area contributed by atoms with Gasteiger partial charge in [-0.2, -0.15) is 0 Å². The van der Waals surface area contributed by atoms with Gasteiger partial charge in [-0.1, -0.05) is 26.7 Å². The van der Waals surface area contributed by atoms with Crippen LogP contribution in [0.1, 0.15) is 39.5 Å². The van der Waals surface area contributed by atoms with Crippen molar-refractivity contribution in [2.24, 2.45) is 5.92 Å². The predicted molar refractivity (Wildman–Crippen MR) is 69.3 cm³/mol. The van der Waals surface area contributed by atoms with Gasteiger partial charge in [-0.15, -0.1) is 0 Å². The van der Waals surface area contributed by atoms with Crippen molar-refractivity contribution in [2.45, 2.75) is 45.6 Å². The summed E-state index contributed by atoms with van der Waals surface area (Å²) in [6, 6.07) is -0.503. The zero-order valence-corrected chi connectivity index (χ0v) is 11.3. The molecule has 2 N–H and O–H groups in total. The lowest BCUT2D eigenvalue weighted by atomic mass is 10.1. The average molecular weight is 256 g/mol. The third kappa shape index (κ3) is 5.04. The minimum atomic E-state index is -0.812. The molecule has 1 aliphatic rings. The highest BCUT2D eigenvalue weighted by molar-refractivity contribution is 5.79. The summed E-state index contributed by atoms with van der Waals surface area (Å²) in [5.41, 5.74) is 0. The third-order valence-corrected chi connectivity index (χ3v) is 3.20. The molecule has 5 heteroatoms. The van der Waals surface area contributed by atoms with Crippen LogP contribution in [0.25, 0.3) is 0 Å². The van der Waals surface area contributed by atoms with Crippen LogP contribution >= 0.6 is 0 Å². The molecule has 0 saturated carbocycles. The van der Waals surface area contributed by atoms with Crippen molar-refractivity contribution in [2.75, 3.05) is 19.6 Å². The maximum atomic E-state index is 11.8. The molecule has 0 aromatic rings. The summed E-state index contributed by atoms with van der Waals surface area (Å²) in [5, 5.41) is 12.0. The first-order chi connectivity index (χ1) is 8.50. The van der Waals surface area contributed by atoms with Crippen molar-refractivity contribution in [3.05, 3.63) is 0 Å². The van der Waals surface area contributed by atoms with Gasteiger partial charge in [0, 0.05) is 6.54 Å². The van der Waals surface area contributed by atoms with Crippen LogP contribution in [0.2, 0.25) is 0 Å². The SMILES string of the molecule is CC(C)CNC(=O)CN1CCCCCC1C(=O)O. The molecule has 0 aromatic heterocycles. The summed E-state index contributed by atoms with van der Waals surface area (Å²) in [6.07, 6.45) is 3.60. The monoisotopic (exact) mass is 256 g/mol. The molecular formula is C13H24N2O3. The summed E-state index contributed by atoms with van der Waals surface area (Å²) in [4.78, 5) is 24.7. The molecule has 1 atom stereocenters. The van der Waals surface area contributed by atoms with E-state index in [9.17, 15) is 14.7 Å². The van der Waals surface area contributed by atoms with Gasteiger partial charge in [0.15, 0.2) is 0 Å². The molecule has 1 saturated heterocycles. The Morgan fingerprint density at radius 3 is 2.67 bits per heavy atom. The lowest BCUT2D eigenvalue weighted by Crippen LogP contribution is -2.46. The number of nitrogens with one attached hydrogen (secondary N) is 1. The summed E-state index contributed by atoms with van der Waals surface area (Å²) >= 11 is 0. The molecule has 1 fully saturated rings. The van der Waals surface area contributed by atoms with Gasteiger partial charge in [0.05, 0.1) is 6.54 Å². The van der Waals surface area contributed by atoms with E-state index in [-0.39, 0.29) is 12.5 Å². The standard InChI is InChI=1S/C13H24N2O3/c1-10(2)8-14-12(16)9-15-7-5-3-4-6-11(15)13(17)18/h10-11H,3-9H2,1-2H3,(H,14,16)(H,17,18). The summed E-state index contributed by atoms with van der Waals surface area (Å²) in [7, 11) is 0. The van der Waals surface area contributed by atoms with E-state index in [1.54, 1.807) is 4.90 Å². The quantitative estimate of drug-likeness (QED) is 0.772. The molecule has 0 spiro atoms. The van der Waals surface area contributed by atoms with E-state index < -0.39 is 12.0 Å². The second-order valence-electron chi connectivity index (χ2n) is 5.37. The van der Waals surface area contributed by atoms with Crippen molar-refractivity contribution in [3.63, 3.8) is 0 Å². The number of carbonyl (C=O) groups excluding carboxylic acids is 1. The Morgan fingerprint density at radius 2 is 2.06 bits per heavy atom. The van der Waals surface area contributed by atoms with Gasteiger partial charge in [0.1, 0.15) is 6.04 Å². The number of aliphatic carboxylic acids is 1. The zero-order valence-electron chi connectivity index (χ0n) is 11.3. The van der Waals surface area contributed by atoms with Crippen LogP contribution in [0.4, 0.5) is 0 Å². The van der Waals surface area contributed by atoms with E-state index in [0.717, 1.165) is 19.3 Å². The molecule has 1 heterocycles. The van der Waals surface area contributed by atoms with E-state index in [4.69, 9.17) is 0 Å². The van der Waals surface area contributed by atoms with Crippen molar-refractivity contribution < 1.29 is 14.7 Å². The maximum absolute atomic E-state index is 11.8. The summed E-state index contributed by atoms with van der Waals surface area (Å²) in [6.45, 7) is 5.61. The zero-order chi connectivity index (χ0) is 13.5. The number of carboxylic acid groups (broad SMARTS) is 1. The van der Waals surface area contributed by atoms with Gasteiger partial charge in [0.25, 0.3) is 0 Å². The van der Waals surface area contributed by atoms with E-state index in [0.29, 0.717) is 25.4 Å². The first kappa shape index (κ1) is 15.0. The van der Waals surface area contributed by atoms with Crippen LogP contribution in [0.3, 0.4) is 0 Å². The van der Waals surface area contributed by atoms with Crippen LogP contribution in [0.15, 0.2) is 0 Å². The van der Waals surface area contributed by atoms with Crippen LogP contribution in [0.5, 0.6) is 0 Å². The van der Waals surface area contributed by atoms with Crippen LogP contribution in [-0.4, -0.2) is 47.6 Å². The van der Waals surface area contributed by atoms with Crippen molar-refractivity contribution >= 4 is 11.9 Å². The number of hydrogen-bond donors (Lipinski definition) is 2. The van der Waals surface area contributed by atoms with Gasteiger partial charge in [-0.25, -0.2) is 0 Å². The van der Waals surface area contributed by atoms with E-state index >= 15 is 0 Å². The molecule has 1 aliphatic heterocycles. The number of hydrogen-bond acceptors (Lipinski definition) is 3. The molecule has 0 bridgehead atoms. The fraction of sp³-hybridized carbons (Fsp3) is 0.846. The second kappa shape index (κ2) is 7.36. The summed E-state index contributed by atoms with van der Waals surface area (Å²) in [5.74, 6) is -0.473. The number of rotatable bonds is 5. The van der Waals surface area contributed by atoms with E-state index in [1.165, 1.54) is 0 Å². The van der Waals surface area contributed by atoms with Crippen LogP contribution in [-0.2, 0) is 9.59 Å². The second-order valence-corrected chi connectivity index (χ2v) is 5.37. The predicted octanol–water partition coefficient (Wildman–Crippen LogP) is 1.09. The number of likely N-dealkylation sites (tertiary alicyclic amines) is 1. The van der Waals surface area contributed by atoms with Crippen molar-refractivity contribution in [1.82, 2.24) is 10.2 Å². The number of carbonyl (C=O) groups is 2. The number of amides is 1. The molecule has 104 valence electrons. The Hall–Kier alpha value is -1.10. The number of carboxylic acids is 1. The normalized spacial score (nSPS) is 21.6. The van der Waals surface area contributed by atoms with Crippen molar-refractivity contribution in [1.29, 1.82) is 0 Å². The Balaban J connectivity index is 2.49. The van der Waals surface area contributed by atoms with Crippen molar-refractivity contribution in [3.8, 4) is 0 Å². The molecule has 0 aliphatic carbocycles. The Bertz CT molecular complexity index is 292. The molecular weight excluding hydrogens is 232 g/mol. The van der Waals surface area contributed by atoms with E-state index in [1.807, 2.05) is 13.8 Å². The van der Waals surface area contributed by atoms with Gasteiger partial charge in [-0.3, -0.25) is 14.5 Å². The highest BCUT2D eigenvalue weighted by Crippen LogP contribution is 2.16. The Morgan fingerprint density at radius 1 is 1.33 bits per heavy atom. The highest BCUT2D eigenvalue weighted by atomic mass is 16.4. The lowest BCUT2D eigenvalue weighted by molar-refractivity contribution is -0.144. The maximum Gasteiger partial charge on any atom is 0.320 e. The van der Waals surface area contributed by atoms with Gasteiger partial charge in [-0.05, 0) is 25.3 Å². The van der Waals surface area contributed by atoms with Crippen LogP contribution < -0.4 is 5.32 Å². The molecule has 0 radical (unpaired) electrons. The van der Waals surface area contributed by atoms with Gasteiger partial charge >= 0.3 is 5.97 Å².